The number of nitrogens with two attached hydrogens (primary N) is 1. The van der Waals surface area contributed by atoms with Gasteiger partial charge in [0.2, 0.25) is 0 Å². The van der Waals surface area contributed by atoms with E-state index in [2.05, 4.69) is 15.4 Å². The summed E-state index contributed by atoms with van der Waals surface area (Å²) in [5, 5.41) is 6.99. The van der Waals surface area contributed by atoms with Gasteiger partial charge in [-0.25, -0.2) is 14.8 Å². The van der Waals surface area contributed by atoms with Crippen molar-refractivity contribution in [1.29, 1.82) is 0 Å². The highest BCUT2D eigenvalue weighted by molar-refractivity contribution is 6.05. The van der Waals surface area contributed by atoms with E-state index in [1.54, 1.807) is 25.5 Å². The Morgan fingerprint density at radius 2 is 2.00 bits per heavy atom. The summed E-state index contributed by atoms with van der Waals surface area (Å²) in [5.74, 6) is -0.351. The van der Waals surface area contributed by atoms with Gasteiger partial charge in [-0.2, -0.15) is 5.10 Å². The Labute approximate surface area is 173 Å². The highest BCUT2D eigenvalue weighted by Gasteiger charge is 2.19. The first-order valence-corrected chi connectivity index (χ1v) is 9.47. The van der Waals surface area contributed by atoms with Crippen molar-refractivity contribution in [2.75, 3.05) is 17.7 Å². The van der Waals surface area contributed by atoms with Crippen LogP contribution in [0.1, 0.15) is 23.0 Å². The topological polar surface area (TPSA) is 109 Å². The van der Waals surface area contributed by atoms with E-state index in [1.165, 1.54) is 4.68 Å². The highest BCUT2D eigenvalue weighted by atomic mass is 17.2. The fraction of sp³-hybridized carbons (Fsp3) is 0.190. The van der Waals surface area contributed by atoms with Gasteiger partial charge in [0, 0.05) is 36.6 Å². The maximum atomic E-state index is 12.9. The molecule has 0 saturated heterocycles. The van der Waals surface area contributed by atoms with Crippen molar-refractivity contribution in [3.63, 3.8) is 0 Å². The maximum absolute atomic E-state index is 12.9. The number of nitrogens with zero attached hydrogens (tertiary/aromatic N) is 4. The molecule has 9 heteroatoms. The minimum Gasteiger partial charge on any atom is -0.396 e. The Bertz CT molecular complexity index is 1180. The van der Waals surface area contributed by atoms with Crippen LogP contribution in [0.25, 0.3) is 16.9 Å². The molecule has 154 valence electrons. The van der Waals surface area contributed by atoms with Gasteiger partial charge in [0.25, 0.3) is 5.91 Å². The number of pyridine rings is 1. The van der Waals surface area contributed by atoms with E-state index >= 15 is 0 Å². The molecule has 0 atom stereocenters. The Kier molecular flexibility index (Phi) is 5.46. The Morgan fingerprint density at radius 3 is 2.77 bits per heavy atom. The number of hydrogen-bond acceptors (Lipinski definition) is 6. The predicted octanol–water partition coefficient (Wildman–Crippen LogP) is 3.04. The molecule has 0 radical (unpaired) electrons. The van der Waals surface area contributed by atoms with Gasteiger partial charge >= 0.3 is 0 Å². The number of carbonyl (C=O) groups excluding carboxylic acids is 1. The number of hydrogen-bond donors (Lipinski definition) is 2. The predicted molar refractivity (Wildman–Crippen MR) is 113 cm³/mol. The number of benzene rings is 1. The van der Waals surface area contributed by atoms with Crippen LogP contribution < -0.4 is 11.1 Å². The summed E-state index contributed by atoms with van der Waals surface area (Å²) in [6, 6.07) is 11.6. The average molecular weight is 406 g/mol. The van der Waals surface area contributed by atoms with Crippen LogP contribution in [0, 0.1) is 0 Å². The van der Waals surface area contributed by atoms with Crippen molar-refractivity contribution in [2.45, 2.75) is 13.5 Å². The lowest BCUT2D eigenvalue weighted by Crippen LogP contribution is -2.19. The molecule has 30 heavy (non-hydrogen) atoms. The molecule has 0 aliphatic carbocycles. The van der Waals surface area contributed by atoms with Crippen molar-refractivity contribution < 1.29 is 14.6 Å². The van der Waals surface area contributed by atoms with Gasteiger partial charge < -0.3 is 15.5 Å². The van der Waals surface area contributed by atoms with E-state index in [0.29, 0.717) is 34.9 Å². The van der Waals surface area contributed by atoms with Gasteiger partial charge in [0.15, 0.2) is 0 Å². The second-order valence-corrected chi connectivity index (χ2v) is 6.66. The third-order valence-corrected chi connectivity index (χ3v) is 4.59. The second kappa shape index (κ2) is 8.36. The van der Waals surface area contributed by atoms with Crippen molar-refractivity contribution >= 4 is 22.9 Å². The summed E-state index contributed by atoms with van der Waals surface area (Å²) >= 11 is 0. The molecular weight excluding hydrogens is 384 g/mol. The molecule has 9 nitrogen and oxygen atoms in total. The first-order chi connectivity index (χ1) is 14.6. The molecule has 1 aromatic carbocycles. The zero-order chi connectivity index (χ0) is 21.1. The summed E-state index contributed by atoms with van der Waals surface area (Å²) in [6.07, 6.45) is 5.20. The lowest BCUT2D eigenvalue weighted by Gasteiger charge is -2.10. The molecule has 0 fully saturated rings. The van der Waals surface area contributed by atoms with Crippen LogP contribution in [0.15, 0.2) is 55.0 Å². The van der Waals surface area contributed by atoms with Crippen LogP contribution in [0.5, 0.6) is 0 Å². The number of carbonyl (C=O) groups is 1. The lowest BCUT2D eigenvalue weighted by molar-refractivity contribution is -0.300. The largest absolute Gasteiger partial charge is 0.396 e. The molecule has 1 amide bonds. The number of amides is 1. The molecule has 0 saturated carbocycles. The molecule has 3 N–H and O–H groups in total. The number of imidazole rings is 1. The Balaban J connectivity index is 1.60. The standard InChI is InChI=1S/C21H22N6O3/c1-3-29-30-13-15-10-23-26(2)20(15)21(28)25-17-9-19-24-18(12-27(19)11-16(17)22)14-7-5-4-6-8-14/h4-12H,3,13,22H2,1-2H3,(H,25,28). The zero-order valence-electron chi connectivity index (χ0n) is 16.7. The minimum atomic E-state index is -0.351. The Hall–Kier alpha value is -3.69. The third-order valence-electron chi connectivity index (χ3n) is 4.59. The SMILES string of the molecule is CCOOCc1cnn(C)c1C(=O)Nc1cc2nc(-c3ccccc3)cn2cc1N. The zero-order valence-corrected chi connectivity index (χ0v) is 16.7. The molecule has 4 rings (SSSR count). The number of fused-ring (bicyclic) bond motifs is 1. The summed E-state index contributed by atoms with van der Waals surface area (Å²) in [5.41, 5.74) is 10.5. The van der Waals surface area contributed by atoms with Crippen LogP contribution in [0.3, 0.4) is 0 Å². The Morgan fingerprint density at radius 1 is 1.20 bits per heavy atom. The summed E-state index contributed by atoms with van der Waals surface area (Å²) < 4.78 is 3.32. The first-order valence-electron chi connectivity index (χ1n) is 9.47. The number of nitrogen functional groups attached to an aromatic ring is 1. The molecule has 3 heterocycles. The monoisotopic (exact) mass is 406 g/mol. The van der Waals surface area contributed by atoms with Crippen molar-refractivity contribution in [2.24, 2.45) is 7.05 Å². The van der Waals surface area contributed by atoms with Crippen LogP contribution in [-0.2, 0) is 23.4 Å². The molecule has 0 aliphatic rings. The van der Waals surface area contributed by atoms with Gasteiger partial charge in [-0.15, -0.1) is 0 Å². The van der Waals surface area contributed by atoms with E-state index in [-0.39, 0.29) is 12.5 Å². The van der Waals surface area contributed by atoms with E-state index in [1.807, 2.05) is 47.9 Å². The average Bonchev–Trinajstić information content (AvgIpc) is 3.32. The normalized spacial score (nSPS) is 11.1. The number of aromatic nitrogens is 4. The highest BCUT2D eigenvalue weighted by Crippen LogP contribution is 2.25. The van der Waals surface area contributed by atoms with Crippen LogP contribution in [0.2, 0.25) is 0 Å². The number of rotatable bonds is 7. The molecule has 0 spiro atoms. The third kappa shape index (κ3) is 3.88. The van der Waals surface area contributed by atoms with Crippen molar-refractivity contribution in [1.82, 2.24) is 19.2 Å². The fourth-order valence-corrected chi connectivity index (χ4v) is 3.16. The van der Waals surface area contributed by atoms with E-state index in [9.17, 15) is 4.79 Å². The van der Waals surface area contributed by atoms with Gasteiger partial charge in [-0.3, -0.25) is 9.48 Å². The lowest BCUT2D eigenvalue weighted by atomic mass is 10.2. The van der Waals surface area contributed by atoms with E-state index < -0.39 is 0 Å². The number of anilines is 2. The van der Waals surface area contributed by atoms with Gasteiger partial charge in [0.1, 0.15) is 17.9 Å². The van der Waals surface area contributed by atoms with Crippen LogP contribution in [0.4, 0.5) is 11.4 Å². The first kappa shape index (κ1) is 19.6. The molecule has 3 aromatic heterocycles. The smallest absolute Gasteiger partial charge is 0.274 e. The fourth-order valence-electron chi connectivity index (χ4n) is 3.16. The summed E-state index contributed by atoms with van der Waals surface area (Å²) in [7, 11) is 1.69. The quantitative estimate of drug-likeness (QED) is 0.277. The molecule has 0 aliphatic heterocycles. The number of aryl methyl sites for hydroxylation is 1. The van der Waals surface area contributed by atoms with Crippen molar-refractivity contribution in [3.8, 4) is 11.3 Å². The molecule has 0 unspecified atom stereocenters. The van der Waals surface area contributed by atoms with E-state index in [0.717, 1.165) is 11.3 Å². The molecular formula is C21H22N6O3. The molecule has 0 bridgehead atoms. The maximum Gasteiger partial charge on any atom is 0.274 e. The summed E-state index contributed by atoms with van der Waals surface area (Å²) in [4.78, 5) is 27.5. The number of nitrogens with one attached hydrogen (secondary N) is 1. The minimum absolute atomic E-state index is 0.111. The summed E-state index contributed by atoms with van der Waals surface area (Å²) in [6.45, 7) is 2.34. The van der Waals surface area contributed by atoms with Gasteiger partial charge in [-0.05, 0) is 6.92 Å². The van der Waals surface area contributed by atoms with Crippen LogP contribution >= 0.6 is 0 Å². The molecule has 4 aromatic rings. The van der Waals surface area contributed by atoms with Crippen LogP contribution in [-0.4, -0.2) is 31.7 Å². The van der Waals surface area contributed by atoms with Gasteiger partial charge in [0.05, 0.1) is 29.9 Å². The second-order valence-electron chi connectivity index (χ2n) is 6.66. The van der Waals surface area contributed by atoms with Crippen molar-refractivity contribution in [3.05, 3.63) is 66.2 Å². The van der Waals surface area contributed by atoms with E-state index in [4.69, 9.17) is 15.5 Å². The van der Waals surface area contributed by atoms with Gasteiger partial charge in [-0.1, -0.05) is 30.3 Å².